The Morgan fingerprint density at radius 1 is 1.23 bits per heavy atom. The van der Waals surface area contributed by atoms with Crippen molar-refractivity contribution in [3.8, 4) is 5.75 Å². The number of carbonyl (C=O) groups is 2. The number of fused-ring (bicyclic) bond motifs is 3. The van der Waals surface area contributed by atoms with Crippen molar-refractivity contribution in [1.29, 1.82) is 0 Å². The Labute approximate surface area is 178 Å². The van der Waals surface area contributed by atoms with E-state index in [2.05, 4.69) is 32.1 Å². The number of benzene rings is 1. The van der Waals surface area contributed by atoms with Crippen LogP contribution >= 0.6 is 0 Å². The SMILES string of the molecule is CCN1C(=O)N2Cc3cc(C)cc(OC)c3C(C)C=C2C12CCN(C(=O)OC)CC2. The molecule has 162 valence electrons. The number of carbonyl (C=O) groups excluding carboxylic acids is 2. The van der Waals surface area contributed by atoms with Gasteiger partial charge in [-0.2, -0.15) is 0 Å². The van der Waals surface area contributed by atoms with Gasteiger partial charge in [-0.1, -0.05) is 19.1 Å². The van der Waals surface area contributed by atoms with Crippen molar-refractivity contribution >= 4 is 12.1 Å². The number of likely N-dealkylation sites (N-methyl/N-ethyl adjacent to an activating group) is 1. The minimum atomic E-state index is -0.380. The Bertz CT molecular complexity index is 902. The zero-order chi connectivity index (χ0) is 21.6. The van der Waals surface area contributed by atoms with Crippen LogP contribution in [0, 0.1) is 6.92 Å². The predicted octanol–water partition coefficient (Wildman–Crippen LogP) is 3.86. The monoisotopic (exact) mass is 413 g/mol. The maximum absolute atomic E-state index is 13.5. The second-order valence-corrected chi connectivity index (χ2v) is 8.48. The molecule has 3 aliphatic heterocycles. The molecule has 1 atom stereocenters. The Balaban J connectivity index is 1.77. The molecule has 1 aromatic rings. The third-order valence-electron chi connectivity index (χ3n) is 6.87. The molecule has 0 saturated carbocycles. The summed E-state index contributed by atoms with van der Waals surface area (Å²) in [5.74, 6) is 1.00. The van der Waals surface area contributed by atoms with Crippen molar-refractivity contribution in [2.24, 2.45) is 0 Å². The van der Waals surface area contributed by atoms with Gasteiger partial charge < -0.3 is 19.3 Å². The normalized spacial score (nSPS) is 22.4. The number of nitrogens with zero attached hydrogens (tertiary/aromatic N) is 3. The van der Waals surface area contributed by atoms with Crippen LogP contribution in [0.15, 0.2) is 23.9 Å². The molecule has 1 unspecified atom stereocenters. The van der Waals surface area contributed by atoms with Crippen molar-refractivity contribution in [1.82, 2.24) is 14.7 Å². The summed E-state index contributed by atoms with van der Waals surface area (Å²) in [6, 6.07) is 4.28. The molecule has 0 aromatic heterocycles. The summed E-state index contributed by atoms with van der Waals surface area (Å²) in [5.41, 5.74) is 4.11. The molecule has 4 rings (SSSR count). The second kappa shape index (κ2) is 7.52. The topological polar surface area (TPSA) is 62.3 Å². The zero-order valence-corrected chi connectivity index (χ0v) is 18.5. The molecular weight excluding hydrogens is 382 g/mol. The highest BCUT2D eigenvalue weighted by molar-refractivity contribution is 5.83. The van der Waals surface area contributed by atoms with Gasteiger partial charge in [0.1, 0.15) is 5.75 Å². The molecular formula is C23H31N3O4. The van der Waals surface area contributed by atoms with E-state index in [1.807, 2.05) is 16.7 Å². The van der Waals surface area contributed by atoms with E-state index in [1.165, 1.54) is 7.11 Å². The number of aryl methyl sites for hydroxylation is 1. The number of piperidine rings is 1. The van der Waals surface area contributed by atoms with Crippen molar-refractivity contribution < 1.29 is 19.1 Å². The summed E-state index contributed by atoms with van der Waals surface area (Å²) in [7, 11) is 3.11. The quantitative estimate of drug-likeness (QED) is 0.739. The lowest BCUT2D eigenvalue weighted by Gasteiger charge is -2.43. The molecule has 3 heterocycles. The van der Waals surface area contributed by atoms with Crippen molar-refractivity contribution in [3.63, 3.8) is 0 Å². The number of methoxy groups -OCH3 is 2. The third kappa shape index (κ3) is 2.94. The molecule has 3 aliphatic rings. The molecule has 0 radical (unpaired) electrons. The molecule has 1 spiro atoms. The van der Waals surface area contributed by atoms with Gasteiger partial charge in [0.2, 0.25) is 0 Å². The Kier molecular flexibility index (Phi) is 5.16. The number of likely N-dealkylation sites (tertiary alicyclic amines) is 1. The largest absolute Gasteiger partial charge is 0.496 e. The van der Waals surface area contributed by atoms with Crippen LogP contribution in [0.4, 0.5) is 9.59 Å². The number of allylic oxidation sites excluding steroid dienone is 1. The first-order valence-electron chi connectivity index (χ1n) is 10.7. The molecule has 3 amide bonds. The lowest BCUT2D eigenvalue weighted by molar-refractivity contribution is 0.0747. The number of urea groups is 1. The molecule has 0 bridgehead atoms. The van der Waals surface area contributed by atoms with Crippen molar-refractivity contribution in [3.05, 3.63) is 40.6 Å². The second-order valence-electron chi connectivity index (χ2n) is 8.48. The van der Waals surface area contributed by atoms with E-state index in [-0.39, 0.29) is 23.6 Å². The van der Waals surface area contributed by atoms with Gasteiger partial charge in [-0.25, -0.2) is 9.59 Å². The fraction of sp³-hybridized carbons (Fsp3) is 0.565. The van der Waals surface area contributed by atoms with Crippen LogP contribution in [-0.4, -0.2) is 66.2 Å². The van der Waals surface area contributed by atoms with Gasteiger partial charge in [0, 0.05) is 36.8 Å². The van der Waals surface area contributed by atoms with Crippen LogP contribution < -0.4 is 4.74 Å². The van der Waals surface area contributed by atoms with Gasteiger partial charge in [0.25, 0.3) is 0 Å². The van der Waals surface area contributed by atoms with Crippen LogP contribution in [0.25, 0.3) is 0 Å². The van der Waals surface area contributed by atoms with Gasteiger partial charge in [-0.3, -0.25) is 4.90 Å². The summed E-state index contributed by atoms with van der Waals surface area (Å²) in [6.45, 7) is 8.59. The highest BCUT2D eigenvalue weighted by atomic mass is 16.5. The van der Waals surface area contributed by atoms with Crippen molar-refractivity contribution in [2.45, 2.75) is 51.6 Å². The minimum Gasteiger partial charge on any atom is -0.496 e. The van der Waals surface area contributed by atoms with E-state index in [1.54, 1.807) is 12.0 Å². The van der Waals surface area contributed by atoms with Gasteiger partial charge in [0.15, 0.2) is 0 Å². The summed E-state index contributed by atoms with van der Waals surface area (Å²) < 4.78 is 10.6. The highest BCUT2D eigenvalue weighted by Crippen LogP contribution is 2.48. The average molecular weight is 414 g/mol. The standard InChI is InChI=1S/C23H31N3O4/c1-6-26-21(27)25-14-17-11-15(2)12-18(29-4)20(17)16(3)13-19(25)23(26)7-9-24(10-8-23)22(28)30-5/h11-13,16H,6-10,14H2,1-5H3. The van der Waals surface area contributed by atoms with E-state index in [0.29, 0.717) is 39.0 Å². The van der Waals surface area contributed by atoms with E-state index in [4.69, 9.17) is 9.47 Å². The smallest absolute Gasteiger partial charge is 0.409 e. The summed E-state index contributed by atoms with van der Waals surface area (Å²) in [6.07, 6.45) is 3.36. The number of ether oxygens (including phenoxy) is 2. The Morgan fingerprint density at radius 3 is 2.53 bits per heavy atom. The van der Waals surface area contributed by atoms with Gasteiger partial charge in [-0.05, 0) is 43.9 Å². The minimum absolute atomic E-state index is 0.0517. The maximum Gasteiger partial charge on any atom is 0.409 e. The van der Waals surface area contributed by atoms with E-state index in [0.717, 1.165) is 28.1 Å². The predicted molar refractivity (Wildman–Crippen MR) is 113 cm³/mol. The average Bonchev–Trinajstić information content (AvgIpc) is 2.85. The van der Waals surface area contributed by atoms with Crippen molar-refractivity contribution in [2.75, 3.05) is 33.9 Å². The number of hydrogen-bond acceptors (Lipinski definition) is 4. The number of rotatable bonds is 2. The lowest BCUT2D eigenvalue weighted by Crippen LogP contribution is -2.54. The first-order chi connectivity index (χ1) is 14.4. The summed E-state index contributed by atoms with van der Waals surface area (Å²) in [4.78, 5) is 31.2. The fourth-order valence-electron chi connectivity index (χ4n) is 5.52. The molecule has 1 aromatic carbocycles. The van der Waals surface area contributed by atoms with E-state index in [9.17, 15) is 9.59 Å². The van der Waals surface area contributed by atoms with Crippen LogP contribution in [0.5, 0.6) is 5.75 Å². The van der Waals surface area contributed by atoms with Crippen LogP contribution in [0.2, 0.25) is 0 Å². The Hall–Kier alpha value is -2.70. The number of amides is 3. The van der Waals surface area contributed by atoms with Gasteiger partial charge in [-0.15, -0.1) is 0 Å². The molecule has 2 fully saturated rings. The summed E-state index contributed by atoms with van der Waals surface area (Å²) in [5, 5.41) is 0. The van der Waals surface area contributed by atoms with Crippen LogP contribution in [0.3, 0.4) is 0 Å². The third-order valence-corrected chi connectivity index (χ3v) is 6.87. The first kappa shape index (κ1) is 20.6. The highest BCUT2D eigenvalue weighted by Gasteiger charge is 2.55. The Morgan fingerprint density at radius 2 is 1.93 bits per heavy atom. The number of hydrogen-bond donors (Lipinski definition) is 0. The molecule has 7 heteroatoms. The molecule has 0 N–H and O–H groups in total. The summed E-state index contributed by atoms with van der Waals surface area (Å²) >= 11 is 0. The first-order valence-corrected chi connectivity index (χ1v) is 10.7. The van der Waals surface area contributed by atoms with Crippen LogP contribution in [0.1, 0.15) is 49.3 Å². The fourth-order valence-corrected chi connectivity index (χ4v) is 5.52. The molecule has 0 aliphatic carbocycles. The van der Waals surface area contributed by atoms with E-state index < -0.39 is 0 Å². The van der Waals surface area contributed by atoms with Gasteiger partial charge >= 0.3 is 12.1 Å². The van der Waals surface area contributed by atoms with Crippen LogP contribution in [-0.2, 0) is 11.3 Å². The zero-order valence-electron chi connectivity index (χ0n) is 18.5. The van der Waals surface area contributed by atoms with Gasteiger partial charge in [0.05, 0.1) is 26.3 Å². The molecule has 7 nitrogen and oxygen atoms in total. The van der Waals surface area contributed by atoms with E-state index >= 15 is 0 Å². The molecule has 30 heavy (non-hydrogen) atoms. The molecule has 2 saturated heterocycles. The lowest BCUT2D eigenvalue weighted by atomic mass is 9.82. The maximum atomic E-state index is 13.5.